The fourth-order valence-electron chi connectivity index (χ4n) is 3.57. The van der Waals surface area contributed by atoms with Crippen LogP contribution in [-0.4, -0.2) is 34.3 Å². The highest BCUT2D eigenvalue weighted by Crippen LogP contribution is 2.27. The standard InChI is InChI=1S/C21H19FN2O3/c22-16-8-4-9-17-19(16)15(12-23-17)20(25)18-10-5-11-24(18)21(26)27-13-14-6-2-1-3-7-14/h1-4,6-9,12,18,23H,5,10-11,13H2/t18-/m1/s1. The first-order valence-corrected chi connectivity index (χ1v) is 8.92. The lowest BCUT2D eigenvalue weighted by molar-refractivity contribution is 0.0739. The summed E-state index contributed by atoms with van der Waals surface area (Å²) in [6.45, 7) is 0.605. The Labute approximate surface area is 155 Å². The molecule has 1 amide bonds. The third kappa shape index (κ3) is 3.30. The first kappa shape index (κ1) is 17.3. The van der Waals surface area contributed by atoms with Crippen molar-refractivity contribution < 1.29 is 18.7 Å². The minimum absolute atomic E-state index is 0.152. The molecule has 2 aromatic carbocycles. The van der Waals surface area contributed by atoms with Crippen LogP contribution in [0.1, 0.15) is 28.8 Å². The van der Waals surface area contributed by atoms with Gasteiger partial charge in [0, 0.05) is 29.2 Å². The Morgan fingerprint density at radius 3 is 2.78 bits per heavy atom. The number of nitrogens with zero attached hydrogens (tertiary/aromatic N) is 1. The van der Waals surface area contributed by atoms with Crippen LogP contribution in [0.2, 0.25) is 0 Å². The van der Waals surface area contributed by atoms with E-state index in [9.17, 15) is 14.0 Å². The van der Waals surface area contributed by atoms with Crippen LogP contribution in [-0.2, 0) is 11.3 Å². The fourth-order valence-corrected chi connectivity index (χ4v) is 3.57. The number of hydrogen-bond acceptors (Lipinski definition) is 3. The van der Waals surface area contributed by atoms with E-state index in [-0.39, 0.29) is 23.3 Å². The van der Waals surface area contributed by atoms with Gasteiger partial charge in [-0.2, -0.15) is 0 Å². The number of H-pyrrole nitrogens is 1. The Kier molecular flexibility index (Phi) is 4.62. The van der Waals surface area contributed by atoms with E-state index >= 15 is 0 Å². The molecule has 1 fully saturated rings. The van der Waals surface area contributed by atoms with Crippen molar-refractivity contribution >= 4 is 22.8 Å². The van der Waals surface area contributed by atoms with Crippen LogP contribution < -0.4 is 0 Å². The third-order valence-corrected chi connectivity index (χ3v) is 4.92. The number of ether oxygens (including phenoxy) is 1. The van der Waals surface area contributed by atoms with Crippen molar-refractivity contribution in [3.8, 4) is 0 Å². The van der Waals surface area contributed by atoms with E-state index in [1.165, 1.54) is 17.2 Å². The maximum Gasteiger partial charge on any atom is 0.410 e. The van der Waals surface area contributed by atoms with Gasteiger partial charge in [0.05, 0.1) is 6.04 Å². The van der Waals surface area contributed by atoms with E-state index < -0.39 is 18.0 Å². The van der Waals surface area contributed by atoms with Gasteiger partial charge in [-0.25, -0.2) is 9.18 Å². The number of fused-ring (bicyclic) bond motifs is 1. The van der Waals surface area contributed by atoms with E-state index in [0.717, 1.165) is 5.56 Å². The number of aromatic amines is 1. The lowest BCUT2D eigenvalue weighted by Crippen LogP contribution is -2.40. The summed E-state index contributed by atoms with van der Waals surface area (Å²) >= 11 is 0. The molecule has 1 aliphatic rings. The molecule has 6 heteroatoms. The van der Waals surface area contributed by atoms with Crippen LogP contribution in [0.5, 0.6) is 0 Å². The molecule has 3 aromatic rings. The largest absolute Gasteiger partial charge is 0.445 e. The summed E-state index contributed by atoms with van der Waals surface area (Å²) < 4.78 is 19.6. The molecular weight excluding hydrogens is 347 g/mol. The van der Waals surface area contributed by atoms with Crippen LogP contribution in [0.15, 0.2) is 54.7 Å². The minimum atomic E-state index is -0.633. The normalized spacial score (nSPS) is 16.6. The number of ketones is 1. The fraction of sp³-hybridized carbons (Fsp3) is 0.238. The van der Waals surface area contributed by atoms with Crippen LogP contribution in [0.4, 0.5) is 9.18 Å². The Balaban J connectivity index is 1.52. The third-order valence-electron chi connectivity index (χ3n) is 4.92. The van der Waals surface area contributed by atoms with Crippen molar-refractivity contribution in [3.63, 3.8) is 0 Å². The van der Waals surface area contributed by atoms with Crippen molar-refractivity contribution in [1.29, 1.82) is 0 Å². The zero-order valence-corrected chi connectivity index (χ0v) is 14.7. The van der Waals surface area contributed by atoms with E-state index in [1.54, 1.807) is 12.1 Å². The second-order valence-corrected chi connectivity index (χ2v) is 6.62. The van der Waals surface area contributed by atoms with Crippen molar-refractivity contribution in [3.05, 3.63) is 71.7 Å². The van der Waals surface area contributed by atoms with Crippen LogP contribution in [0.25, 0.3) is 10.9 Å². The number of rotatable bonds is 4. The first-order chi connectivity index (χ1) is 13.1. The summed E-state index contributed by atoms with van der Waals surface area (Å²) in [5.74, 6) is -0.714. The van der Waals surface area contributed by atoms with Gasteiger partial charge < -0.3 is 9.72 Å². The molecule has 0 spiro atoms. The molecule has 2 heterocycles. The van der Waals surface area contributed by atoms with E-state index in [2.05, 4.69) is 4.98 Å². The molecule has 0 saturated carbocycles. The van der Waals surface area contributed by atoms with Crippen molar-refractivity contribution in [2.75, 3.05) is 6.54 Å². The average Bonchev–Trinajstić information content (AvgIpc) is 3.34. The number of likely N-dealkylation sites (tertiary alicyclic amines) is 1. The SMILES string of the molecule is O=C(c1c[nH]c2cccc(F)c12)[C@H]1CCCN1C(=O)OCc1ccccc1. The Morgan fingerprint density at radius 1 is 1.15 bits per heavy atom. The van der Waals surface area contributed by atoms with Gasteiger partial charge >= 0.3 is 6.09 Å². The number of hydrogen-bond donors (Lipinski definition) is 1. The Bertz CT molecular complexity index is 984. The van der Waals surface area contributed by atoms with Gasteiger partial charge in [-0.3, -0.25) is 9.69 Å². The topological polar surface area (TPSA) is 62.4 Å². The quantitative estimate of drug-likeness (QED) is 0.701. The number of halogens is 1. The summed E-state index contributed by atoms with van der Waals surface area (Å²) in [7, 11) is 0. The van der Waals surface area contributed by atoms with Gasteiger partial charge in [0.1, 0.15) is 12.4 Å². The molecule has 4 rings (SSSR count). The predicted molar refractivity (Wildman–Crippen MR) is 98.9 cm³/mol. The smallest absolute Gasteiger partial charge is 0.410 e. The van der Waals surface area contributed by atoms with Gasteiger partial charge in [0.25, 0.3) is 0 Å². The van der Waals surface area contributed by atoms with Crippen LogP contribution in [0.3, 0.4) is 0 Å². The molecular formula is C21H19FN2O3. The number of aromatic nitrogens is 1. The zero-order chi connectivity index (χ0) is 18.8. The van der Waals surface area contributed by atoms with Gasteiger partial charge in [-0.15, -0.1) is 0 Å². The summed E-state index contributed by atoms with van der Waals surface area (Å²) in [5.41, 5.74) is 1.72. The number of Topliss-reactive ketones (excluding diaryl/α,β-unsaturated/α-hetero) is 1. The Morgan fingerprint density at radius 2 is 1.96 bits per heavy atom. The lowest BCUT2D eigenvalue weighted by atomic mass is 10.0. The molecule has 0 radical (unpaired) electrons. The highest BCUT2D eigenvalue weighted by atomic mass is 19.1. The maximum atomic E-state index is 14.2. The summed E-state index contributed by atoms with van der Waals surface area (Å²) in [4.78, 5) is 29.9. The van der Waals surface area contributed by atoms with E-state index in [1.807, 2.05) is 30.3 Å². The summed E-state index contributed by atoms with van der Waals surface area (Å²) in [6, 6.07) is 13.4. The predicted octanol–water partition coefficient (Wildman–Crippen LogP) is 4.29. The number of carbonyl (C=O) groups is 2. The summed E-state index contributed by atoms with van der Waals surface area (Å²) in [6.07, 6.45) is 2.25. The molecule has 138 valence electrons. The second-order valence-electron chi connectivity index (χ2n) is 6.62. The molecule has 1 N–H and O–H groups in total. The number of amides is 1. The summed E-state index contributed by atoms with van der Waals surface area (Å²) in [5, 5.41) is 0.270. The molecule has 1 aliphatic heterocycles. The zero-order valence-electron chi connectivity index (χ0n) is 14.7. The van der Waals surface area contributed by atoms with E-state index in [4.69, 9.17) is 4.74 Å². The van der Waals surface area contributed by atoms with Gasteiger partial charge in [-0.05, 0) is 30.5 Å². The van der Waals surface area contributed by atoms with Gasteiger partial charge in [0.2, 0.25) is 0 Å². The number of carbonyl (C=O) groups excluding carboxylic acids is 2. The molecule has 5 nitrogen and oxygen atoms in total. The van der Waals surface area contributed by atoms with Crippen molar-refractivity contribution in [1.82, 2.24) is 9.88 Å². The molecule has 27 heavy (non-hydrogen) atoms. The highest BCUT2D eigenvalue weighted by Gasteiger charge is 2.36. The molecule has 0 unspecified atom stereocenters. The molecule has 1 aromatic heterocycles. The van der Waals surface area contributed by atoms with Crippen molar-refractivity contribution in [2.45, 2.75) is 25.5 Å². The lowest BCUT2D eigenvalue weighted by Gasteiger charge is -2.23. The van der Waals surface area contributed by atoms with Crippen molar-refractivity contribution in [2.24, 2.45) is 0 Å². The van der Waals surface area contributed by atoms with Crippen LogP contribution >= 0.6 is 0 Å². The minimum Gasteiger partial charge on any atom is -0.445 e. The Hall–Kier alpha value is -3.15. The molecule has 0 aliphatic carbocycles. The molecule has 0 bridgehead atoms. The first-order valence-electron chi connectivity index (χ1n) is 8.92. The molecule has 1 saturated heterocycles. The second kappa shape index (κ2) is 7.23. The highest BCUT2D eigenvalue weighted by molar-refractivity contribution is 6.11. The van der Waals surface area contributed by atoms with Gasteiger partial charge in [-0.1, -0.05) is 36.4 Å². The number of benzene rings is 2. The van der Waals surface area contributed by atoms with E-state index in [0.29, 0.717) is 24.9 Å². The number of nitrogens with one attached hydrogen (secondary N) is 1. The monoisotopic (exact) mass is 366 g/mol. The maximum absolute atomic E-state index is 14.2. The molecule has 1 atom stereocenters. The van der Waals surface area contributed by atoms with Crippen LogP contribution in [0, 0.1) is 5.82 Å². The van der Waals surface area contributed by atoms with Gasteiger partial charge in [0.15, 0.2) is 5.78 Å². The average molecular weight is 366 g/mol.